The Kier molecular flexibility index (Phi) is 7.88. The molecule has 11 heteroatoms. The summed E-state index contributed by atoms with van der Waals surface area (Å²) in [5.41, 5.74) is 4.17. The molecule has 8 nitrogen and oxygen atoms in total. The molecule has 0 spiro atoms. The second kappa shape index (κ2) is 11.3. The highest BCUT2D eigenvalue weighted by molar-refractivity contribution is 7.97. The molecule has 0 saturated carbocycles. The van der Waals surface area contributed by atoms with E-state index in [1.807, 2.05) is 29.2 Å². The molecule has 2 aromatic heterocycles. The number of fused-ring (bicyclic) bond motifs is 1. The lowest BCUT2D eigenvalue weighted by Gasteiger charge is -2.36. The van der Waals surface area contributed by atoms with E-state index in [0.29, 0.717) is 59.3 Å². The van der Waals surface area contributed by atoms with Crippen LogP contribution in [0.3, 0.4) is 0 Å². The summed E-state index contributed by atoms with van der Waals surface area (Å²) in [6.45, 7) is 6.42. The number of hydrogen-bond acceptors (Lipinski definition) is 7. The normalized spacial score (nSPS) is 13.7. The number of ether oxygens (including phenoxy) is 1. The summed E-state index contributed by atoms with van der Waals surface area (Å²) in [5.74, 6) is 2.01. The zero-order chi connectivity index (χ0) is 26.8. The second-order valence-corrected chi connectivity index (χ2v) is 10.9. The van der Waals surface area contributed by atoms with E-state index in [-0.39, 0.29) is 5.91 Å². The second-order valence-electron chi connectivity index (χ2n) is 8.82. The van der Waals surface area contributed by atoms with Gasteiger partial charge in [0, 0.05) is 62.1 Å². The van der Waals surface area contributed by atoms with Gasteiger partial charge in [-0.2, -0.15) is 0 Å². The van der Waals surface area contributed by atoms with Gasteiger partial charge in [-0.15, -0.1) is 0 Å². The number of rotatable bonds is 7. The summed E-state index contributed by atoms with van der Waals surface area (Å²) in [6.07, 6.45) is 3.66. The van der Waals surface area contributed by atoms with E-state index in [1.54, 1.807) is 32.2 Å². The summed E-state index contributed by atoms with van der Waals surface area (Å²) in [6, 6.07) is 11.9. The van der Waals surface area contributed by atoms with Crippen LogP contribution in [-0.4, -0.2) is 63.8 Å². The van der Waals surface area contributed by atoms with Crippen molar-refractivity contribution in [3.63, 3.8) is 0 Å². The van der Waals surface area contributed by atoms with Crippen molar-refractivity contribution in [3.8, 4) is 17.0 Å². The van der Waals surface area contributed by atoms with Crippen LogP contribution < -0.4 is 15.0 Å². The van der Waals surface area contributed by atoms with Crippen molar-refractivity contribution in [2.45, 2.75) is 13.8 Å². The van der Waals surface area contributed by atoms with E-state index in [2.05, 4.69) is 44.4 Å². The number of carbonyl (C=O) groups excluding carboxylic acids is 1. The Morgan fingerprint density at radius 3 is 2.61 bits per heavy atom. The molecule has 2 aromatic carbocycles. The van der Waals surface area contributed by atoms with Crippen LogP contribution in [0.1, 0.15) is 13.8 Å². The van der Waals surface area contributed by atoms with Crippen LogP contribution in [-0.2, 0) is 4.79 Å². The molecule has 198 valence electrons. The number of nitrogens with zero attached hydrogens (tertiary/aromatic N) is 5. The number of aromatic nitrogens is 3. The first kappa shape index (κ1) is 26.5. The molecule has 1 aliphatic heterocycles. The summed E-state index contributed by atoms with van der Waals surface area (Å²) < 4.78 is 7.84. The zero-order valence-electron chi connectivity index (χ0n) is 21.4. The Balaban J connectivity index is 1.45. The Labute approximate surface area is 236 Å². The Hall–Kier alpha value is -3.14. The molecule has 0 radical (unpaired) electrons. The van der Waals surface area contributed by atoms with Gasteiger partial charge < -0.3 is 19.9 Å². The topological polar surface area (TPSA) is 75.5 Å². The molecule has 1 amide bonds. The molecular weight excluding hydrogens is 543 g/mol. The standard InChI is InChI=1S/C27H28Cl2N6O2S/c1-4-38-35-16-19(18-7-5-6-8-23(18)35)26-21(29)15-30-27(32-26)31-22-13-20(28)24(14-25(22)37-3)34-11-9-33(10-12-34)17(2)36/h5-8,13-16H,4,9-12H2,1-3H3,(H,30,31,32). The smallest absolute Gasteiger partial charge is 0.227 e. The molecule has 1 aliphatic rings. The first-order valence-electron chi connectivity index (χ1n) is 12.3. The van der Waals surface area contributed by atoms with Gasteiger partial charge in [0.05, 0.1) is 45.9 Å². The molecule has 1 N–H and O–H groups in total. The van der Waals surface area contributed by atoms with E-state index in [0.717, 1.165) is 27.9 Å². The predicted octanol–water partition coefficient (Wildman–Crippen LogP) is 6.34. The van der Waals surface area contributed by atoms with Crippen molar-refractivity contribution in [2.75, 3.05) is 49.3 Å². The molecule has 0 atom stereocenters. The number of methoxy groups -OCH3 is 1. The molecule has 4 aromatic rings. The van der Waals surface area contributed by atoms with Crippen LogP contribution in [0.5, 0.6) is 5.75 Å². The van der Waals surface area contributed by atoms with Gasteiger partial charge in [-0.25, -0.2) is 9.97 Å². The van der Waals surface area contributed by atoms with Gasteiger partial charge in [0.15, 0.2) is 0 Å². The third kappa shape index (κ3) is 5.23. The number of nitrogens with one attached hydrogen (secondary N) is 1. The van der Waals surface area contributed by atoms with Crippen molar-refractivity contribution >= 4 is 69.3 Å². The maximum Gasteiger partial charge on any atom is 0.227 e. The summed E-state index contributed by atoms with van der Waals surface area (Å²) in [7, 11) is 1.61. The van der Waals surface area contributed by atoms with Gasteiger partial charge in [-0.05, 0) is 24.1 Å². The minimum absolute atomic E-state index is 0.0869. The summed E-state index contributed by atoms with van der Waals surface area (Å²) in [4.78, 5) is 24.9. The number of hydrogen-bond donors (Lipinski definition) is 1. The lowest BCUT2D eigenvalue weighted by molar-refractivity contribution is -0.129. The summed E-state index contributed by atoms with van der Waals surface area (Å²) in [5, 5.41) is 5.36. The summed E-state index contributed by atoms with van der Waals surface area (Å²) >= 11 is 15.0. The number of halogens is 2. The van der Waals surface area contributed by atoms with Gasteiger partial charge in [0.1, 0.15) is 5.75 Å². The SMILES string of the molecule is CCSn1cc(-c2nc(Nc3cc(Cl)c(N4CCN(C(C)=O)CC4)cc3OC)ncc2Cl)c2ccccc21. The minimum atomic E-state index is 0.0869. The third-order valence-corrected chi connectivity index (χ3v) is 7.94. The molecule has 0 bridgehead atoms. The maximum absolute atomic E-state index is 11.7. The lowest BCUT2D eigenvalue weighted by Crippen LogP contribution is -2.48. The molecule has 0 aliphatic carbocycles. The number of anilines is 3. The number of piperazine rings is 1. The fourth-order valence-electron chi connectivity index (χ4n) is 4.64. The van der Waals surface area contributed by atoms with E-state index >= 15 is 0 Å². The van der Waals surface area contributed by atoms with Gasteiger partial charge >= 0.3 is 0 Å². The molecule has 1 saturated heterocycles. The third-order valence-electron chi connectivity index (χ3n) is 6.53. The molecular formula is C27H28Cl2N6O2S. The van der Waals surface area contributed by atoms with Crippen LogP contribution in [0.15, 0.2) is 48.8 Å². The van der Waals surface area contributed by atoms with Crippen LogP contribution in [0.4, 0.5) is 17.3 Å². The van der Waals surface area contributed by atoms with Crippen LogP contribution in [0, 0.1) is 0 Å². The van der Waals surface area contributed by atoms with Crippen molar-refractivity contribution in [2.24, 2.45) is 0 Å². The van der Waals surface area contributed by atoms with Gasteiger partial charge in [-0.3, -0.25) is 8.77 Å². The van der Waals surface area contributed by atoms with E-state index in [4.69, 9.17) is 32.9 Å². The van der Waals surface area contributed by atoms with Gasteiger partial charge in [-0.1, -0.05) is 48.3 Å². The zero-order valence-corrected chi connectivity index (χ0v) is 23.7. The van der Waals surface area contributed by atoms with Crippen LogP contribution >= 0.6 is 35.1 Å². The molecule has 3 heterocycles. The number of carbonyl (C=O) groups is 1. The fraction of sp³-hybridized carbons (Fsp3) is 0.296. The number of amides is 1. The molecule has 5 rings (SSSR count). The van der Waals surface area contributed by atoms with Crippen molar-refractivity contribution in [3.05, 3.63) is 58.8 Å². The van der Waals surface area contributed by atoms with Crippen molar-refractivity contribution in [1.82, 2.24) is 18.8 Å². The fourth-order valence-corrected chi connectivity index (χ4v) is 5.87. The van der Waals surface area contributed by atoms with Gasteiger partial charge in [0.25, 0.3) is 0 Å². The molecule has 1 fully saturated rings. The van der Waals surface area contributed by atoms with Crippen molar-refractivity contribution < 1.29 is 9.53 Å². The lowest BCUT2D eigenvalue weighted by atomic mass is 10.1. The highest BCUT2D eigenvalue weighted by Gasteiger charge is 2.22. The Bertz CT molecular complexity index is 1490. The molecule has 0 unspecified atom stereocenters. The maximum atomic E-state index is 11.7. The largest absolute Gasteiger partial charge is 0.494 e. The Morgan fingerprint density at radius 1 is 1.13 bits per heavy atom. The first-order valence-corrected chi connectivity index (χ1v) is 14.0. The highest BCUT2D eigenvalue weighted by atomic mass is 35.5. The van der Waals surface area contributed by atoms with E-state index < -0.39 is 0 Å². The predicted molar refractivity (Wildman–Crippen MR) is 157 cm³/mol. The average Bonchev–Trinajstić information content (AvgIpc) is 3.28. The highest BCUT2D eigenvalue weighted by Crippen LogP contribution is 2.39. The average molecular weight is 572 g/mol. The van der Waals surface area contributed by atoms with Crippen molar-refractivity contribution in [1.29, 1.82) is 0 Å². The van der Waals surface area contributed by atoms with E-state index in [9.17, 15) is 4.79 Å². The number of para-hydroxylation sites is 1. The van der Waals surface area contributed by atoms with Crippen LogP contribution in [0.2, 0.25) is 10.0 Å². The quantitative estimate of drug-likeness (QED) is 0.277. The monoisotopic (exact) mass is 570 g/mol. The van der Waals surface area contributed by atoms with Gasteiger partial charge in [0.2, 0.25) is 11.9 Å². The first-order chi connectivity index (χ1) is 18.4. The van der Waals surface area contributed by atoms with Crippen LogP contribution in [0.25, 0.3) is 22.2 Å². The molecule has 38 heavy (non-hydrogen) atoms. The number of benzene rings is 2. The van der Waals surface area contributed by atoms with E-state index in [1.165, 1.54) is 0 Å². The Morgan fingerprint density at radius 2 is 1.89 bits per heavy atom. The minimum Gasteiger partial charge on any atom is -0.494 e.